The summed E-state index contributed by atoms with van der Waals surface area (Å²) in [6, 6.07) is 4.15. The molecule has 5 rings (SSSR count). The van der Waals surface area contributed by atoms with E-state index in [0.29, 0.717) is 19.7 Å². The molecule has 11 heteroatoms. The van der Waals surface area contributed by atoms with Gasteiger partial charge in [-0.3, -0.25) is 4.68 Å². The van der Waals surface area contributed by atoms with Crippen molar-refractivity contribution in [2.45, 2.75) is 19.7 Å². The molecule has 11 nitrogen and oxygen atoms in total. The summed E-state index contributed by atoms with van der Waals surface area (Å²) in [7, 11) is 1.68. The Bertz CT molecular complexity index is 1190. The number of pyridine rings is 1. The van der Waals surface area contributed by atoms with Crippen molar-refractivity contribution < 1.29 is 15.3 Å². The van der Waals surface area contributed by atoms with Gasteiger partial charge >= 0.3 is 0 Å². The first kappa shape index (κ1) is 18.6. The van der Waals surface area contributed by atoms with Gasteiger partial charge in [-0.2, -0.15) is 20.6 Å². The van der Waals surface area contributed by atoms with Crippen molar-refractivity contribution in [2.75, 3.05) is 18.7 Å². The van der Waals surface area contributed by atoms with Crippen LogP contribution in [0.25, 0.3) is 16.8 Å². The van der Waals surface area contributed by atoms with Crippen LogP contribution in [-0.4, -0.2) is 48.2 Å². The number of fused-ring (bicyclic) bond motifs is 2. The Hall–Kier alpha value is -3.38. The number of ether oxygens (including phenoxy) is 1. The molecular weight excluding hydrogens is 386 g/mol. The molecule has 5 heterocycles. The van der Waals surface area contributed by atoms with Gasteiger partial charge in [0.25, 0.3) is 5.82 Å². The lowest BCUT2D eigenvalue weighted by atomic mass is 10.2. The van der Waals surface area contributed by atoms with E-state index in [2.05, 4.69) is 26.8 Å². The predicted octanol–water partition coefficient (Wildman–Crippen LogP) is -0.506. The third kappa shape index (κ3) is 3.39. The second-order valence-corrected chi connectivity index (χ2v) is 7.03. The predicted molar refractivity (Wildman–Crippen MR) is 109 cm³/mol. The molecule has 0 spiro atoms. The van der Waals surface area contributed by atoms with Crippen LogP contribution in [0.2, 0.25) is 0 Å². The Morgan fingerprint density at radius 1 is 1.23 bits per heavy atom. The second kappa shape index (κ2) is 7.80. The van der Waals surface area contributed by atoms with Crippen molar-refractivity contribution in [1.29, 1.82) is 0 Å². The number of nitrogens with zero attached hydrogens (tertiary/aromatic N) is 7. The zero-order valence-corrected chi connectivity index (χ0v) is 16.5. The molecule has 0 saturated carbocycles. The van der Waals surface area contributed by atoms with Crippen molar-refractivity contribution in [2.24, 2.45) is 0 Å². The molecule has 0 unspecified atom stereocenters. The van der Waals surface area contributed by atoms with E-state index in [9.17, 15) is 0 Å². The first-order valence-corrected chi connectivity index (χ1v) is 9.60. The van der Waals surface area contributed by atoms with Crippen molar-refractivity contribution in [3.05, 3.63) is 54.2 Å². The van der Waals surface area contributed by atoms with Gasteiger partial charge in [-0.15, -0.1) is 0 Å². The van der Waals surface area contributed by atoms with Crippen LogP contribution in [0.5, 0.6) is 0 Å². The molecule has 1 aliphatic heterocycles. The fourth-order valence-corrected chi connectivity index (χ4v) is 3.50. The highest BCUT2D eigenvalue weighted by Crippen LogP contribution is 2.25. The van der Waals surface area contributed by atoms with Gasteiger partial charge in [-0.25, -0.2) is 14.5 Å². The molecule has 4 aromatic heterocycles. The quantitative estimate of drug-likeness (QED) is 0.311. The lowest BCUT2D eigenvalue weighted by Crippen LogP contribution is -2.88. The van der Waals surface area contributed by atoms with Crippen LogP contribution in [0.15, 0.2) is 43.1 Å². The average molecular weight is 409 g/mol. The van der Waals surface area contributed by atoms with E-state index in [1.165, 1.54) is 0 Å². The van der Waals surface area contributed by atoms with E-state index in [1.807, 2.05) is 39.6 Å². The Labute approximate surface area is 171 Å². The highest BCUT2D eigenvalue weighted by molar-refractivity contribution is 5.63. The summed E-state index contributed by atoms with van der Waals surface area (Å²) in [5.41, 5.74) is 9.92. The smallest absolute Gasteiger partial charge is 0.290 e. The maximum Gasteiger partial charge on any atom is 0.290 e. The molecule has 154 valence electrons. The van der Waals surface area contributed by atoms with E-state index in [4.69, 9.17) is 14.8 Å². The minimum atomic E-state index is 0.289. The molecule has 4 aromatic rings. The summed E-state index contributed by atoms with van der Waals surface area (Å²) in [6.07, 6.45) is 9.18. The first-order chi connectivity index (χ1) is 14.7. The van der Waals surface area contributed by atoms with E-state index >= 15 is 0 Å². The number of hydrazine groups is 1. The van der Waals surface area contributed by atoms with E-state index < -0.39 is 0 Å². The van der Waals surface area contributed by atoms with Gasteiger partial charge in [0.2, 0.25) is 5.82 Å². The van der Waals surface area contributed by atoms with Crippen LogP contribution < -0.4 is 16.0 Å². The molecule has 0 atom stereocenters. The number of nitrogens with two attached hydrogens (primary N) is 1. The Morgan fingerprint density at radius 3 is 3.03 bits per heavy atom. The van der Waals surface area contributed by atoms with E-state index in [-0.39, 0.29) is 6.61 Å². The number of hydrogen-bond donors (Lipinski definition) is 2. The van der Waals surface area contributed by atoms with E-state index in [1.54, 1.807) is 24.2 Å². The minimum absolute atomic E-state index is 0.289. The molecule has 0 radical (unpaired) electrons. The van der Waals surface area contributed by atoms with Crippen molar-refractivity contribution in [3.63, 3.8) is 0 Å². The van der Waals surface area contributed by atoms with Crippen molar-refractivity contribution >= 4 is 17.2 Å². The molecule has 5 N–H and O–H groups in total. The lowest BCUT2D eigenvalue weighted by molar-refractivity contribution is -0.629. The molecule has 30 heavy (non-hydrogen) atoms. The van der Waals surface area contributed by atoms with Crippen LogP contribution >= 0.6 is 0 Å². The van der Waals surface area contributed by atoms with Crippen molar-refractivity contribution in [1.82, 2.24) is 34.9 Å². The monoisotopic (exact) mass is 409 g/mol. The molecule has 1 aliphatic rings. The summed E-state index contributed by atoms with van der Waals surface area (Å²) in [6.45, 7) is 1.99. The second-order valence-electron chi connectivity index (χ2n) is 7.03. The molecule has 0 aromatic carbocycles. The molecule has 0 amide bonds. The average Bonchev–Trinajstić information content (AvgIpc) is 3.48. The zero-order valence-electron chi connectivity index (χ0n) is 16.5. The molecule has 0 aliphatic carbocycles. The van der Waals surface area contributed by atoms with Gasteiger partial charge in [-0.05, 0) is 17.7 Å². The largest absolute Gasteiger partial charge is 0.444 e. The summed E-state index contributed by atoms with van der Waals surface area (Å²) >= 11 is 0. The molecular formula is C19H23N9O2+2. The van der Waals surface area contributed by atoms with Gasteiger partial charge in [0.15, 0.2) is 6.61 Å². The fourth-order valence-electron chi connectivity index (χ4n) is 3.50. The number of rotatable bonds is 7. The third-order valence-corrected chi connectivity index (χ3v) is 4.97. The van der Waals surface area contributed by atoms with Crippen LogP contribution in [0.1, 0.15) is 11.1 Å². The summed E-state index contributed by atoms with van der Waals surface area (Å²) in [5.74, 6) is 1.56. The fraction of sp³-hybridized carbons (Fsp3) is 0.263. The number of methoxy groups -OCH3 is 1. The maximum absolute atomic E-state index is 7.34. The first-order valence-electron chi connectivity index (χ1n) is 9.60. The van der Waals surface area contributed by atoms with Gasteiger partial charge < -0.3 is 9.84 Å². The number of quaternary nitrogens is 1. The van der Waals surface area contributed by atoms with Gasteiger partial charge in [0.05, 0.1) is 43.0 Å². The number of anilines is 1. The molecule has 0 fully saturated rings. The van der Waals surface area contributed by atoms with Gasteiger partial charge in [0.1, 0.15) is 6.54 Å². The van der Waals surface area contributed by atoms with Gasteiger partial charge in [-0.1, -0.05) is 5.53 Å². The topological polar surface area (TPSA) is 125 Å². The normalized spacial score (nSPS) is 13.3. The summed E-state index contributed by atoms with van der Waals surface area (Å²) in [5, 5.41) is 18.0. The zero-order chi connectivity index (χ0) is 20.5. The van der Waals surface area contributed by atoms with Crippen molar-refractivity contribution in [3.8, 4) is 11.3 Å². The maximum atomic E-state index is 7.34. The Balaban J connectivity index is 1.41. The number of aromatic nitrogens is 6. The Kier molecular flexibility index (Phi) is 4.85. The van der Waals surface area contributed by atoms with E-state index in [0.717, 1.165) is 39.5 Å². The van der Waals surface area contributed by atoms with Crippen LogP contribution in [0.3, 0.4) is 0 Å². The third-order valence-electron chi connectivity index (χ3n) is 4.97. The van der Waals surface area contributed by atoms with Crippen LogP contribution in [-0.2, 0) is 24.4 Å². The highest BCUT2D eigenvalue weighted by atomic mass is 16.5. The minimum Gasteiger partial charge on any atom is -0.444 e. The summed E-state index contributed by atoms with van der Waals surface area (Å²) < 4.78 is 8.87. The Morgan fingerprint density at radius 2 is 2.17 bits per heavy atom. The van der Waals surface area contributed by atoms with Gasteiger partial charge in [0, 0.05) is 30.6 Å². The number of nitrogens with one attached hydrogen (secondary N) is 1. The number of hydrogen-bond acceptors (Lipinski definition) is 7. The highest BCUT2D eigenvalue weighted by Gasteiger charge is 2.27. The molecule has 0 bridgehead atoms. The van der Waals surface area contributed by atoms with Crippen LogP contribution in [0.4, 0.5) is 11.6 Å². The lowest BCUT2D eigenvalue weighted by Gasteiger charge is -2.14. The standard InChI is InChI=1S/C19H21N9O2/c1-30-12-15-8-22-27-3-2-13(6-17(15)27)10-28-19-18(24-25-28)20-9-16(23-19)14-7-21-26(11-14)4-5-29/h2-3,6-9,11,25,29H,4-5,10,12H2,1H3,(H,20,24)/p+2. The summed E-state index contributed by atoms with van der Waals surface area (Å²) in [4.78, 5) is 9.34. The molecule has 0 saturated heterocycles. The van der Waals surface area contributed by atoms with Crippen LogP contribution in [0, 0.1) is 0 Å². The SMILES string of the molecule is COCc1cnn2ccc(CN3N[NH2+]c4ncc(-c5cnn(CC[OH2+])c5)nc43)cc12.